The van der Waals surface area contributed by atoms with E-state index in [0.717, 1.165) is 6.42 Å². The minimum Gasteiger partial charge on any atom is -0.394 e. The minimum absolute atomic E-state index is 0. The van der Waals surface area contributed by atoms with Crippen molar-refractivity contribution < 1.29 is 14.6 Å². The average Bonchev–Trinajstić information content (AvgIpc) is 2.90. The number of aliphatic hydroxyl groups is 1. The van der Waals surface area contributed by atoms with Gasteiger partial charge in [0.25, 0.3) is 0 Å². The molecule has 2 aliphatic heterocycles. The maximum absolute atomic E-state index is 12.5. The quantitative estimate of drug-likeness (QED) is 0.782. The molecule has 0 aromatic carbocycles. The molecule has 1 aliphatic carbocycles. The summed E-state index contributed by atoms with van der Waals surface area (Å²) in [5.41, 5.74) is 0. The molecule has 3 rings (SSSR count). The molecule has 2 N–H and O–H groups in total. The topological polar surface area (TPSA) is 61.8 Å². The molecule has 116 valence electrons. The average molecular weight is 305 g/mol. The Kier molecular flexibility index (Phi) is 5.66. The third-order valence-corrected chi connectivity index (χ3v) is 4.81. The lowest BCUT2D eigenvalue weighted by atomic mass is 9.85. The van der Waals surface area contributed by atoms with Crippen molar-refractivity contribution in [2.75, 3.05) is 26.3 Å². The summed E-state index contributed by atoms with van der Waals surface area (Å²) in [4.78, 5) is 14.4. The number of hydrogen-bond donors (Lipinski definition) is 2. The van der Waals surface area contributed by atoms with E-state index in [-0.39, 0.29) is 37.1 Å². The molecular formula is C14H25ClN2O3. The monoisotopic (exact) mass is 304 g/mol. The Labute approximate surface area is 126 Å². The van der Waals surface area contributed by atoms with Crippen molar-refractivity contribution in [2.24, 2.45) is 5.92 Å². The molecule has 0 spiro atoms. The number of carbonyl (C=O) groups is 1. The molecule has 4 unspecified atom stereocenters. The van der Waals surface area contributed by atoms with Crippen molar-refractivity contribution in [1.29, 1.82) is 0 Å². The van der Waals surface area contributed by atoms with Gasteiger partial charge in [0.05, 0.1) is 25.4 Å². The summed E-state index contributed by atoms with van der Waals surface area (Å²) >= 11 is 0. The summed E-state index contributed by atoms with van der Waals surface area (Å²) in [6.45, 7) is 1.72. The molecule has 20 heavy (non-hydrogen) atoms. The van der Waals surface area contributed by atoms with Gasteiger partial charge in [0, 0.05) is 19.1 Å². The summed E-state index contributed by atoms with van der Waals surface area (Å²) in [5.74, 6) is 0.897. The summed E-state index contributed by atoms with van der Waals surface area (Å²) in [5, 5.41) is 12.7. The van der Waals surface area contributed by atoms with E-state index in [0.29, 0.717) is 31.7 Å². The largest absolute Gasteiger partial charge is 0.394 e. The molecule has 0 aromatic heterocycles. The Morgan fingerprint density at radius 2 is 2.15 bits per heavy atom. The van der Waals surface area contributed by atoms with Crippen LogP contribution < -0.4 is 5.32 Å². The summed E-state index contributed by atoms with van der Waals surface area (Å²) in [6, 6.07) is 0.544. The van der Waals surface area contributed by atoms with Crippen molar-refractivity contribution in [1.82, 2.24) is 10.2 Å². The Morgan fingerprint density at radius 3 is 2.90 bits per heavy atom. The second-order valence-corrected chi connectivity index (χ2v) is 6.07. The number of amides is 1. The first-order valence-corrected chi connectivity index (χ1v) is 7.55. The lowest BCUT2D eigenvalue weighted by molar-refractivity contribution is -0.142. The number of nitrogens with one attached hydrogen (secondary N) is 1. The summed E-state index contributed by atoms with van der Waals surface area (Å²) in [6.07, 6.45) is 5.87. The molecule has 4 atom stereocenters. The van der Waals surface area contributed by atoms with Gasteiger partial charge in [0.1, 0.15) is 0 Å². The molecule has 3 fully saturated rings. The van der Waals surface area contributed by atoms with Crippen molar-refractivity contribution in [3.05, 3.63) is 0 Å². The van der Waals surface area contributed by atoms with E-state index < -0.39 is 0 Å². The molecule has 1 amide bonds. The van der Waals surface area contributed by atoms with Crippen molar-refractivity contribution in [3.8, 4) is 0 Å². The first-order valence-electron chi connectivity index (χ1n) is 7.55. The van der Waals surface area contributed by atoms with E-state index in [2.05, 4.69) is 5.32 Å². The number of carbonyl (C=O) groups excluding carboxylic acids is 1. The Morgan fingerprint density at radius 1 is 1.35 bits per heavy atom. The summed E-state index contributed by atoms with van der Waals surface area (Å²) < 4.78 is 5.40. The molecule has 2 heterocycles. The highest BCUT2D eigenvalue weighted by Crippen LogP contribution is 2.33. The number of morpholine rings is 1. The Hall–Kier alpha value is -0.360. The lowest BCUT2D eigenvalue weighted by Gasteiger charge is -2.33. The molecule has 0 bridgehead atoms. The molecular weight excluding hydrogens is 280 g/mol. The molecule has 1 saturated carbocycles. The van der Waals surface area contributed by atoms with Gasteiger partial charge in [0.2, 0.25) is 5.91 Å². The number of rotatable bonds is 2. The van der Waals surface area contributed by atoms with Gasteiger partial charge in [-0.25, -0.2) is 0 Å². The molecule has 5 nitrogen and oxygen atoms in total. The van der Waals surface area contributed by atoms with Crippen LogP contribution in [0.2, 0.25) is 0 Å². The van der Waals surface area contributed by atoms with Gasteiger partial charge >= 0.3 is 0 Å². The van der Waals surface area contributed by atoms with Gasteiger partial charge in [-0.1, -0.05) is 12.8 Å². The van der Waals surface area contributed by atoms with Crippen LogP contribution in [0.1, 0.15) is 32.1 Å². The predicted octanol–water partition coefficient (Wildman–Crippen LogP) is 0.549. The third kappa shape index (κ3) is 3.27. The van der Waals surface area contributed by atoms with Crippen LogP contribution in [0.4, 0.5) is 0 Å². The van der Waals surface area contributed by atoms with E-state index in [1.165, 1.54) is 25.7 Å². The summed E-state index contributed by atoms with van der Waals surface area (Å²) in [7, 11) is 0. The Bertz CT molecular complexity index is 328. The van der Waals surface area contributed by atoms with Crippen molar-refractivity contribution >= 4 is 18.3 Å². The van der Waals surface area contributed by atoms with Gasteiger partial charge in [-0.15, -0.1) is 12.4 Å². The van der Waals surface area contributed by atoms with Crippen molar-refractivity contribution in [3.63, 3.8) is 0 Å². The standard InChI is InChI=1S/C14H24N2O3.ClH/c17-9-11-8-16(5-6-19-11)14(18)13-7-10-3-1-2-4-12(10)15-13;/h10-13,15,17H,1-9H2;1H. The fraction of sp³-hybridized carbons (Fsp3) is 0.929. The van der Waals surface area contributed by atoms with Gasteiger partial charge in [0.15, 0.2) is 0 Å². The maximum atomic E-state index is 12.5. The molecule has 0 aromatic rings. The zero-order valence-corrected chi connectivity index (χ0v) is 12.6. The van der Waals surface area contributed by atoms with Crippen LogP contribution in [0.15, 0.2) is 0 Å². The van der Waals surface area contributed by atoms with Crippen LogP contribution in [0.5, 0.6) is 0 Å². The first kappa shape index (κ1) is 16.0. The van der Waals surface area contributed by atoms with Crippen LogP contribution in [-0.4, -0.2) is 60.4 Å². The highest BCUT2D eigenvalue weighted by Gasteiger charge is 2.40. The van der Waals surface area contributed by atoms with E-state index in [1.54, 1.807) is 0 Å². The van der Waals surface area contributed by atoms with Crippen LogP contribution in [0.3, 0.4) is 0 Å². The maximum Gasteiger partial charge on any atom is 0.239 e. The third-order valence-electron chi connectivity index (χ3n) is 4.81. The van der Waals surface area contributed by atoms with E-state index >= 15 is 0 Å². The Balaban J connectivity index is 0.00000147. The zero-order valence-electron chi connectivity index (χ0n) is 11.8. The minimum atomic E-state index is -0.207. The molecule has 3 aliphatic rings. The number of ether oxygens (including phenoxy) is 1. The molecule has 2 saturated heterocycles. The number of nitrogens with zero attached hydrogens (tertiary/aromatic N) is 1. The van der Waals surface area contributed by atoms with Crippen LogP contribution in [0, 0.1) is 5.92 Å². The van der Waals surface area contributed by atoms with Crippen LogP contribution in [-0.2, 0) is 9.53 Å². The fourth-order valence-electron chi connectivity index (χ4n) is 3.76. The lowest BCUT2D eigenvalue weighted by Crippen LogP contribution is -2.52. The van der Waals surface area contributed by atoms with Crippen LogP contribution >= 0.6 is 12.4 Å². The predicted molar refractivity (Wildman–Crippen MR) is 77.9 cm³/mol. The first-order chi connectivity index (χ1) is 9.28. The van der Waals surface area contributed by atoms with E-state index in [4.69, 9.17) is 9.84 Å². The highest BCUT2D eigenvalue weighted by molar-refractivity contribution is 5.85. The second-order valence-electron chi connectivity index (χ2n) is 6.07. The molecule has 6 heteroatoms. The van der Waals surface area contributed by atoms with Gasteiger partial charge in [-0.05, 0) is 25.2 Å². The van der Waals surface area contributed by atoms with Gasteiger partial charge < -0.3 is 20.1 Å². The second kappa shape index (κ2) is 7.07. The number of aliphatic hydroxyl groups excluding tert-OH is 1. The fourth-order valence-corrected chi connectivity index (χ4v) is 3.76. The SMILES string of the molecule is Cl.O=C(C1CC2CCCCC2N1)N1CCOC(CO)C1. The van der Waals surface area contributed by atoms with E-state index in [9.17, 15) is 4.79 Å². The smallest absolute Gasteiger partial charge is 0.239 e. The number of hydrogen-bond acceptors (Lipinski definition) is 4. The van der Waals surface area contributed by atoms with Gasteiger partial charge in [-0.2, -0.15) is 0 Å². The number of halogens is 1. The van der Waals surface area contributed by atoms with Crippen LogP contribution in [0.25, 0.3) is 0 Å². The number of fused-ring (bicyclic) bond motifs is 1. The highest BCUT2D eigenvalue weighted by atomic mass is 35.5. The molecule has 0 radical (unpaired) electrons. The van der Waals surface area contributed by atoms with Gasteiger partial charge in [-0.3, -0.25) is 4.79 Å². The normalized spacial score (nSPS) is 37.1. The zero-order chi connectivity index (χ0) is 13.2. The van der Waals surface area contributed by atoms with Crippen molar-refractivity contribution in [2.45, 2.75) is 50.3 Å². The van der Waals surface area contributed by atoms with E-state index in [1.807, 2.05) is 4.90 Å².